The molecular weight excluding hydrogens is 1490 g/mol. The van der Waals surface area contributed by atoms with Gasteiger partial charge in [0.2, 0.25) is 0 Å². The lowest BCUT2D eigenvalue weighted by molar-refractivity contribution is -0.396. The van der Waals surface area contributed by atoms with E-state index < -0.39 is 346 Å². The summed E-state index contributed by atoms with van der Waals surface area (Å²) in [4.78, 5) is 121. The molecule has 0 aromatic heterocycles. The summed E-state index contributed by atoms with van der Waals surface area (Å²) in [6.07, 6.45) is -90.2. The van der Waals surface area contributed by atoms with Crippen molar-refractivity contribution in [3.63, 3.8) is 0 Å². The summed E-state index contributed by atoms with van der Waals surface area (Å²) in [7, 11) is 0. The molecule has 0 radical (unpaired) electrons. The van der Waals surface area contributed by atoms with Gasteiger partial charge in [0.05, 0.1) is 38.7 Å². The Morgan fingerprint density at radius 2 is 0.439 bits per heavy atom. The fourth-order valence-corrected chi connectivity index (χ4v) is 11.0. The molecule has 51 nitrogen and oxygen atoms in total. The third-order valence-corrected chi connectivity index (χ3v) is 16.7. The number of aliphatic carboxylic acids is 5. The molecule has 6 saturated heterocycles. The summed E-state index contributed by atoms with van der Waals surface area (Å²) >= 11 is 0. The minimum absolute atomic E-state index is 1.05. The predicted molar refractivity (Wildman–Crippen MR) is 310 cm³/mol. The largest absolute Gasteiger partial charge is 0.481 e. The zero-order valence-corrected chi connectivity index (χ0v) is 54.8. The number of carbonyl (C=O) groups is 10. The van der Waals surface area contributed by atoms with E-state index in [0.29, 0.717) is 0 Å². The molecule has 25 N–H and O–H groups in total. The first-order chi connectivity index (χ1) is 50.1. The lowest BCUT2D eigenvalue weighted by atomic mass is 9.95. The van der Waals surface area contributed by atoms with Gasteiger partial charge in [-0.05, 0) is 0 Å². The van der Waals surface area contributed by atoms with Crippen molar-refractivity contribution < 1.29 is 251 Å². The number of carboxylic acids is 5. The molecule has 0 amide bonds. The van der Waals surface area contributed by atoms with Crippen LogP contribution in [-0.4, -0.2) is 442 Å². The SMILES string of the molecule is O=C(O)C[C@H](O)C(=O)OC[C@H]1O[C@@H](O)[C@H](O)[C@@H](O)[C@@H]1O[C@H]1O[C@H](COC(=O)[C@@H](O)CC(=O)O)[C@@H](O[C@H]2O[C@H](COC(=O)[C@@H](O)CC(=O)O)[C@@H](O[C@H]3O[C@H](COC(=O)[C@@H](O)CC(=O)O)[C@@H](O[C@H]4O[C@H](COC(=O)[C@@H](O)CC(=O)O)[C@@H](O[C@H]5O[C@H](CO)[C@@H](O)[C@H](O)[C@H]5O)[C@H](O)[C@H]4O)[C@H](O)[C@H]3O)[C@H](O)[C@H]2O)[C@H](O)[C@H]1O. The Kier molecular flexibility index (Phi) is 33.3. The quantitative estimate of drug-likeness (QED) is 0.0205. The highest BCUT2D eigenvalue weighted by atomic mass is 16.8. The van der Waals surface area contributed by atoms with Crippen LogP contribution in [-0.2, 0) is 124 Å². The average Bonchev–Trinajstić information content (AvgIpc) is 0.776. The van der Waals surface area contributed by atoms with Crippen LogP contribution < -0.4 is 0 Å². The number of ether oxygens (including phenoxy) is 16. The second-order valence-corrected chi connectivity index (χ2v) is 24.6. The highest BCUT2D eigenvalue weighted by molar-refractivity contribution is 5.83. The molecule has 6 aliphatic heterocycles. The van der Waals surface area contributed by atoms with Crippen molar-refractivity contribution in [3.8, 4) is 0 Å². The Bertz CT molecular complexity index is 2980. The van der Waals surface area contributed by atoms with E-state index in [9.17, 15) is 165 Å². The van der Waals surface area contributed by atoms with Crippen molar-refractivity contribution in [2.75, 3.05) is 39.6 Å². The normalized spacial score (nSPS) is 38.8. The van der Waals surface area contributed by atoms with Gasteiger partial charge >= 0.3 is 59.7 Å². The van der Waals surface area contributed by atoms with Crippen molar-refractivity contribution >= 4 is 59.7 Å². The van der Waals surface area contributed by atoms with Crippen LogP contribution in [0.4, 0.5) is 0 Å². The van der Waals surface area contributed by atoms with Crippen LogP contribution in [0.15, 0.2) is 0 Å². The maximum absolute atomic E-state index is 13.0. The summed E-state index contributed by atoms with van der Waals surface area (Å²) in [5.74, 6) is -17.4. The van der Waals surface area contributed by atoms with E-state index in [1.807, 2.05) is 0 Å². The molecule has 35 atom stereocenters. The van der Waals surface area contributed by atoms with E-state index >= 15 is 0 Å². The monoisotopic (exact) mass is 1570 g/mol. The first-order valence-corrected chi connectivity index (χ1v) is 31.7. The van der Waals surface area contributed by atoms with Gasteiger partial charge in [0, 0.05) is 0 Å². The molecule has 0 aromatic carbocycles. The fraction of sp³-hybridized carbons (Fsp3) is 0.821. The average molecular weight is 1570 g/mol. The number of carbonyl (C=O) groups excluding carboxylic acids is 5. The van der Waals surface area contributed by atoms with E-state index in [1.54, 1.807) is 0 Å². The number of hydrogen-bond donors (Lipinski definition) is 25. The van der Waals surface area contributed by atoms with E-state index in [2.05, 4.69) is 0 Å². The van der Waals surface area contributed by atoms with Gasteiger partial charge in [-0.15, -0.1) is 0 Å². The summed E-state index contributed by atoms with van der Waals surface area (Å²) < 4.78 is 86.9. The minimum atomic E-state index is -2.73. The Balaban J connectivity index is 1.32. The van der Waals surface area contributed by atoms with Gasteiger partial charge in [-0.1, -0.05) is 0 Å². The number of esters is 5. The first-order valence-electron chi connectivity index (χ1n) is 31.7. The van der Waals surface area contributed by atoms with Crippen molar-refractivity contribution in [2.45, 2.75) is 247 Å². The zero-order chi connectivity index (χ0) is 80.1. The van der Waals surface area contributed by atoms with Crippen LogP contribution in [0.1, 0.15) is 32.1 Å². The van der Waals surface area contributed by atoms with Gasteiger partial charge in [0.15, 0.2) is 68.3 Å². The molecular formula is C56H82O51. The highest BCUT2D eigenvalue weighted by Crippen LogP contribution is 2.38. The maximum atomic E-state index is 13.0. The number of hydrogen-bond acceptors (Lipinski definition) is 46. The molecule has 0 unspecified atom stereocenters. The van der Waals surface area contributed by atoms with Crippen LogP contribution in [0.2, 0.25) is 0 Å². The molecule has 0 bridgehead atoms. The first kappa shape index (κ1) is 89.4. The molecule has 0 saturated carbocycles. The zero-order valence-electron chi connectivity index (χ0n) is 54.8. The van der Waals surface area contributed by atoms with Crippen LogP contribution in [0.25, 0.3) is 0 Å². The van der Waals surface area contributed by atoms with E-state index in [1.165, 1.54) is 0 Å². The van der Waals surface area contributed by atoms with Crippen LogP contribution in [0.3, 0.4) is 0 Å². The lowest BCUT2D eigenvalue weighted by Crippen LogP contribution is -2.68. The molecule has 6 fully saturated rings. The van der Waals surface area contributed by atoms with Crippen LogP contribution in [0.5, 0.6) is 0 Å². The molecule has 0 aliphatic carbocycles. The van der Waals surface area contributed by atoms with Crippen LogP contribution >= 0.6 is 0 Å². The Morgan fingerprint density at radius 1 is 0.252 bits per heavy atom. The van der Waals surface area contributed by atoms with Crippen LogP contribution in [0, 0.1) is 0 Å². The number of carboxylic acid groups (broad SMARTS) is 5. The molecule has 612 valence electrons. The second-order valence-electron chi connectivity index (χ2n) is 24.6. The Hall–Kier alpha value is -6.54. The fourth-order valence-electron chi connectivity index (χ4n) is 11.0. The lowest BCUT2D eigenvalue weighted by Gasteiger charge is -2.50. The van der Waals surface area contributed by atoms with Gasteiger partial charge < -0.3 is 203 Å². The van der Waals surface area contributed by atoms with Gasteiger partial charge in [0.1, 0.15) is 180 Å². The second kappa shape index (κ2) is 39.9. The molecule has 107 heavy (non-hydrogen) atoms. The molecule has 6 heterocycles. The molecule has 6 aliphatic rings. The van der Waals surface area contributed by atoms with E-state index in [4.69, 9.17) is 86.0 Å². The third-order valence-electron chi connectivity index (χ3n) is 16.7. The van der Waals surface area contributed by atoms with Gasteiger partial charge in [-0.2, -0.15) is 0 Å². The smallest absolute Gasteiger partial charge is 0.335 e. The van der Waals surface area contributed by atoms with Crippen molar-refractivity contribution in [2.24, 2.45) is 0 Å². The number of rotatable bonds is 36. The molecule has 0 spiro atoms. The minimum Gasteiger partial charge on any atom is -0.481 e. The summed E-state index contributed by atoms with van der Waals surface area (Å²) in [6.45, 7) is -7.74. The molecule has 0 aromatic rings. The summed E-state index contributed by atoms with van der Waals surface area (Å²) in [5, 5.41) is 264. The molecule has 6 rings (SSSR count). The van der Waals surface area contributed by atoms with Gasteiger partial charge in [-0.3, -0.25) is 24.0 Å². The Morgan fingerprint density at radius 3 is 0.645 bits per heavy atom. The predicted octanol–water partition coefficient (Wildman–Crippen LogP) is -17.2. The van der Waals surface area contributed by atoms with E-state index in [-0.39, 0.29) is 0 Å². The van der Waals surface area contributed by atoms with Crippen molar-refractivity contribution in [3.05, 3.63) is 0 Å². The third kappa shape index (κ3) is 23.5. The van der Waals surface area contributed by atoms with Gasteiger partial charge in [-0.25, -0.2) is 24.0 Å². The summed E-state index contributed by atoms with van der Waals surface area (Å²) in [5.41, 5.74) is 0. The van der Waals surface area contributed by atoms with Gasteiger partial charge in [0.25, 0.3) is 0 Å². The van der Waals surface area contributed by atoms with Crippen molar-refractivity contribution in [1.82, 2.24) is 0 Å². The topological polar surface area (TPSA) is 824 Å². The number of aliphatic hydroxyl groups is 20. The Labute approximate surface area is 596 Å². The molecule has 51 heteroatoms. The highest BCUT2D eigenvalue weighted by Gasteiger charge is 2.59. The van der Waals surface area contributed by atoms with Crippen molar-refractivity contribution in [1.29, 1.82) is 0 Å². The standard InChI is InChI=1S/C56H82O51/c57-6-17-28(73)29(74)36(81)52(98-17)104-42-19(8-93-47(87)13(59)2-24(65)66)100-54(38(83)31(42)76)106-44-21(10-95-49(89)15(61)4-26(69)70)102-56(40(85)33(44)78)107-45-22(11-96-50(90)16(62)5-27(71)72)101-55(39(84)34(45)79)105-43-20(9-94-48(88)14(60)3-25(67)68)99-53(37(82)32(43)77)103-41-18(97-51(91)35(80)30(41)75)7-92-46(86)12(58)1-23(63)64/h12-22,28-45,51-62,73-85,91H,1-11H2,(H,63,64)(H,65,66)(H,67,68)(H,69,70)(H,71,72)/t12-,13-,14-,15-,16-,17+,18+,19+,20+,21+,22+,28+,29-,30+,31+,32+,33+,34+,35+,36+,37+,38+,39+,40+,41+,42+,43+,44+,45+,51+,52+,53+,54+,55+,56+/m0/s1. The maximum Gasteiger partial charge on any atom is 0.335 e. The number of aliphatic hydroxyl groups excluding tert-OH is 20. The summed E-state index contributed by atoms with van der Waals surface area (Å²) in [6, 6.07) is 0. The van der Waals surface area contributed by atoms with E-state index in [0.717, 1.165) is 0 Å².